The van der Waals surface area contributed by atoms with Gasteiger partial charge in [0.1, 0.15) is 11.8 Å². The van der Waals surface area contributed by atoms with Crippen LogP contribution in [0.15, 0.2) is 60.8 Å². The van der Waals surface area contributed by atoms with E-state index in [0.29, 0.717) is 22.6 Å². The number of hydrogen-bond acceptors (Lipinski definition) is 6. The minimum atomic E-state index is -0.411. The lowest BCUT2D eigenvalue weighted by atomic mass is 10.2. The highest BCUT2D eigenvalue weighted by molar-refractivity contribution is 6.03. The molecular weight excluding hydrogens is 356 g/mol. The molecule has 0 aliphatic rings. The van der Waals surface area contributed by atoms with E-state index in [1.54, 1.807) is 48.5 Å². The second-order valence-electron chi connectivity index (χ2n) is 5.76. The molecule has 1 aromatic heterocycles. The third-order valence-electron chi connectivity index (χ3n) is 3.65. The smallest absolute Gasteiger partial charge is 0.274 e. The van der Waals surface area contributed by atoms with Crippen LogP contribution in [0.5, 0.6) is 0 Å². The largest absolute Gasteiger partial charge is 0.326 e. The maximum atomic E-state index is 12.5. The molecule has 0 bridgehead atoms. The first kappa shape index (κ1) is 18.5. The van der Waals surface area contributed by atoms with E-state index in [9.17, 15) is 9.59 Å². The molecule has 3 N–H and O–H groups in total. The summed E-state index contributed by atoms with van der Waals surface area (Å²) in [6.45, 7) is 1.42. The number of hydrogen-bond donors (Lipinski definition) is 3. The first-order valence-corrected chi connectivity index (χ1v) is 8.33. The molecule has 2 aromatic carbocycles. The van der Waals surface area contributed by atoms with Gasteiger partial charge in [-0.15, -0.1) is 0 Å². The number of carbonyl (C=O) groups is 2. The molecule has 0 fully saturated rings. The van der Waals surface area contributed by atoms with Crippen molar-refractivity contribution < 1.29 is 9.59 Å². The van der Waals surface area contributed by atoms with Crippen molar-refractivity contribution in [2.24, 2.45) is 0 Å². The predicted octanol–water partition coefficient (Wildman–Crippen LogP) is 3.30. The van der Waals surface area contributed by atoms with Gasteiger partial charge in [0.25, 0.3) is 5.91 Å². The number of amides is 2. The maximum Gasteiger partial charge on any atom is 0.274 e. The molecule has 28 heavy (non-hydrogen) atoms. The van der Waals surface area contributed by atoms with E-state index in [0.717, 1.165) is 0 Å². The quantitative estimate of drug-likeness (QED) is 0.632. The average molecular weight is 372 g/mol. The van der Waals surface area contributed by atoms with Crippen LogP contribution < -0.4 is 16.0 Å². The standard InChI is InChI=1S/C20H16N6O2/c1-13(27)23-15-6-8-16(9-7-15)24-19(28)18-10-11-22-20(26-18)25-17-5-3-2-4-14(17)12-21/h2-11H,1H3,(H,23,27)(H,24,28)(H,22,25,26). The molecule has 0 saturated carbocycles. The first-order valence-electron chi connectivity index (χ1n) is 8.33. The number of benzene rings is 2. The van der Waals surface area contributed by atoms with Gasteiger partial charge < -0.3 is 16.0 Å². The fourth-order valence-electron chi connectivity index (χ4n) is 2.39. The normalized spacial score (nSPS) is 9.86. The van der Waals surface area contributed by atoms with Gasteiger partial charge in [-0.25, -0.2) is 9.97 Å². The number of nitriles is 1. The second-order valence-corrected chi connectivity index (χ2v) is 5.76. The third kappa shape index (κ3) is 4.68. The summed E-state index contributed by atoms with van der Waals surface area (Å²) in [5.74, 6) is -0.376. The Labute approximate surface area is 161 Å². The molecule has 3 rings (SSSR count). The Kier molecular flexibility index (Phi) is 5.58. The number of rotatable bonds is 5. The summed E-state index contributed by atoms with van der Waals surface area (Å²) in [5.41, 5.74) is 2.35. The molecule has 0 saturated heterocycles. The van der Waals surface area contributed by atoms with Gasteiger partial charge in [-0.05, 0) is 42.5 Å². The van der Waals surface area contributed by atoms with Gasteiger partial charge in [-0.1, -0.05) is 12.1 Å². The number of carbonyl (C=O) groups excluding carboxylic acids is 2. The monoisotopic (exact) mass is 372 g/mol. The number of nitrogens with one attached hydrogen (secondary N) is 3. The third-order valence-corrected chi connectivity index (χ3v) is 3.65. The van der Waals surface area contributed by atoms with Crippen molar-refractivity contribution in [2.45, 2.75) is 6.92 Å². The fourth-order valence-corrected chi connectivity index (χ4v) is 2.39. The highest BCUT2D eigenvalue weighted by Gasteiger charge is 2.10. The molecular formula is C20H16N6O2. The molecule has 1 heterocycles. The molecule has 3 aromatic rings. The Hall–Kier alpha value is -4.25. The zero-order valence-electron chi connectivity index (χ0n) is 14.9. The van der Waals surface area contributed by atoms with Crippen LogP contribution >= 0.6 is 0 Å². The number of para-hydroxylation sites is 1. The van der Waals surface area contributed by atoms with Crippen LogP contribution in [-0.2, 0) is 4.79 Å². The molecule has 0 atom stereocenters. The van der Waals surface area contributed by atoms with Crippen LogP contribution in [0.4, 0.5) is 23.0 Å². The maximum absolute atomic E-state index is 12.5. The first-order chi connectivity index (χ1) is 13.5. The average Bonchev–Trinajstić information content (AvgIpc) is 2.70. The van der Waals surface area contributed by atoms with Crippen LogP contribution in [0.1, 0.15) is 23.0 Å². The second kappa shape index (κ2) is 8.42. The fraction of sp³-hybridized carbons (Fsp3) is 0.0500. The molecule has 2 amide bonds. The Morgan fingerprint density at radius 2 is 1.64 bits per heavy atom. The van der Waals surface area contributed by atoms with Gasteiger partial charge >= 0.3 is 0 Å². The molecule has 138 valence electrons. The van der Waals surface area contributed by atoms with E-state index in [1.807, 2.05) is 0 Å². The summed E-state index contributed by atoms with van der Waals surface area (Å²) >= 11 is 0. The Morgan fingerprint density at radius 1 is 0.964 bits per heavy atom. The molecule has 8 heteroatoms. The van der Waals surface area contributed by atoms with Crippen LogP contribution in [0.25, 0.3) is 0 Å². The van der Waals surface area contributed by atoms with Crippen molar-refractivity contribution in [3.63, 3.8) is 0 Å². The zero-order valence-corrected chi connectivity index (χ0v) is 14.9. The van der Waals surface area contributed by atoms with Crippen LogP contribution in [0, 0.1) is 11.3 Å². The van der Waals surface area contributed by atoms with Gasteiger partial charge in [0.05, 0.1) is 11.3 Å². The van der Waals surface area contributed by atoms with Gasteiger partial charge in [-0.3, -0.25) is 9.59 Å². The topological polar surface area (TPSA) is 120 Å². The summed E-state index contributed by atoms with van der Waals surface area (Å²) in [6.07, 6.45) is 1.46. The summed E-state index contributed by atoms with van der Waals surface area (Å²) in [7, 11) is 0. The van der Waals surface area contributed by atoms with Gasteiger partial charge in [0.2, 0.25) is 11.9 Å². The van der Waals surface area contributed by atoms with E-state index in [-0.39, 0.29) is 17.5 Å². The van der Waals surface area contributed by atoms with Crippen molar-refractivity contribution in [2.75, 3.05) is 16.0 Å². The minimum Gasteiger partial charge on any atom is -0.326 e. The Balaban J connectivity index is 1.72. The molecule has 0 spiro atoms. The van der Waals surface area contributed by atoms with E-state index in [4.69, 9.17) is 5.26 Å². The summed E-state index contributed by atoms with van der Waals surface area (Å²) in [6, 6.07) is 17.2. The summed E-state index contributed by atoms with van der Waals surface area (Å²) < 4.78 is 0. The van der Waals surface area contributed by atoms with Crippen molar-refractivity contribution in [1.29, 1.82) is 5.26 Å². The van der Waals surface area contributed by atoms with Gasteiger partial charge in [-0.2, -0.15) is 5.26 Å². The minimum absolute atomic E-state index is 0.165. The predicted molar refractivity (Wildman–Crippen MR) is 105 cm³/mol. The Morgan fingerprint density at radius 3 is 2.32 bits per heavy atom. The number of aromatic nitrogens is 2. The lowest BCUT2D eigenvalue weighted by Gasteiger charge is -2.09. The van der Waals surface area contributed by atoms with Crippen LogP contribution in [0.2, 0.25) is 0 Å². The Bertz CT molecular complexity index is 1060. The number of nitrogens with zero attached hydrogens (tertiary/aromatic N) is 3. The van der Waals surface area contributed by atoms with Gasteiger partial charge in [0, 0.05) is 24.5 Å². The van der Waals surface area contributed by atoms with E-state index >= 15 is 0 Å². The highest BCUT2D eigenvalue weighted by Crippen LogP contribution is 2.18. The van der Waals surface area contributed by atoms with Crippen molar-refractivity contribution in [1.82, 2.24) is 9.97 Å². The van der Waals surface area contributed by atoms with E-state index in [2.05, 4.69) is 32.0 Å². The molecule has 0 radical (unpaired) electrons. The van der Waals surface area contributed by atoms with Gasteiger partial charge in [0.15, 0.2) is 0 Å². The SMILES string of the molecule is CC(=O)Nc1ccc(NC(=O)c2ccnc(Nc3ccccc3C#N)n2)cc1. The molecule has 0 unspecified atom stereocenters. The zero-order chi connectivity index (χ0) is 19.9. The number of anilines is 4. The van der Waals surface area contributed by atoms with Crippen molar-refractivity contribution >= 4 is 34.8 Å². The van der Waals surface area contributed by atoms with Crippen molar-refractivity contribution in [3.05, 3.63) is 72.1 Å². The summed E-state index contributed by atoms with van der Waals surface area (Å²) in [4.78, 5) is 31.8. The molecule has 8 nitrogen and oxygen atoms in total. The molecule has 0 aliphatic carbocycles. The van der Waals surface area contributed by atoms with E-state index < -0.39 is 5.91 Å². The van der Waals surface area contributed by atoms with E-state index in [1.165, 1.54) is 19.2 Å². The lowest BCUT2D eigenvalue weighted by Crippen LogP contribution is -2.15. The van der Waals surface area contributed by atoms with Crippen LogP contribution in [0.3, 0.4) is 0 Å². The lowest BCUT2D eigenvalue weighted by molar-refractivity contribution is -0.114. The van der Waals surface area contributed by atoms with Crippen molar-refractivity contribution in [3.8, 4) is 6.07 Å². The van der Waals surface area contributed by atoms with Crippen LogP contribution in [-0.4, -0.2) is 21.8 Å². The summed E-state index contributed by atoms with van der Waals surface area (Å²) in [5, 5.41) is 17.5. The molecule has 0 aliphatic heterocycles. The highest BCUT2D eigenvalue weighted by atomic mass is 16.2.